The van der Waals surface area contributed by atoms with Crippen LogP contribution in [0.25, 0.3) is 0 Å². The number of nitrogens with two attached hydrogens (primary N) is 3. The van der Waals surface area contributed by atoms with Gasteiger partial charge >= 0.3 is 17.9 Å². The van der Waals surface area contributed by atoms with Crippen LogP contribution in [0.4, 0.5) is 11.4 Å². The smallest absolute Gasteiger partial charge is 0.317 e. The minimum absolute atomic E-state index is 0.0812. The molecule has 0 aliphatic carbocycles. The predicted molar refractivity (Wildman–Crippen MR) is 245 cm³/mol. The fraction of sp³-hybridized carbons (Fsp3) is 0.447. The molecule has 31 heteroatoms. The van der Waals surface area contributed by atoms with Gasteiger partial charge in [-0.25, -0.2) is 27.1 Å². The third kappa shape index (κ3) is 24.0. The van der Waals surface area contributed by atoms with Crippen molar-refractivity contribution in [1.82, 2.24) is 31.1 Å². The molecule has 0 saturated heterocycles. The highest BCUT2D eigenvalue weighted by Crippen LogP contribution is 2.14. The Hall–Kier alpha value is -6.32. The van der Waals surface area contributed by atoms with Crippen molar-refractivity contribution in [3.63, 3.8) is 0 Å². The van der Waals surface area contributed by atoms with Gasteiger partial charge in [-0.05, 0) is 48.5 Å². The van der Waals surface area contributed by atoms with Gasteiger partial charge in [-0.2, -0.15) is 12.6 Å². The Bertz CT molecular complexity index is 2360. The van der Waals surface area contributed by atoms with Gasteiger partial charge in [0.2, 0.25) is 55.5 Å². The number of carboxylic acids is 3. The van der Waals surface area contributed by atoms with Crippen molar-refractivity contribution >= 4 is 97.4 Å². The lowest BCUT2D eigenvalue weighted by atomic mass is 10.1. The Morgan fingerprint density at radius 3 is 1.57 bits per heavy atom. The summed E-state index contributed by atoms with van der Waals surface area (Å²) >= 11 is 3.88. The number of hydrogen-bond acceptors (Lipinski definition) is 18. The molecule has 0 aromatic heterocycles. The highest BCUT2D eigenvalue weighted by molar-refractivity contribution is 7.89. The summed E-state index contributed by atoms with van der Waals surface area (Å²) in [6.45, 7) is -3.45. The first-order chi connectivity index (χ1) is 32.3. The summed E-state index contributed by atoms with van der Waals surface area (Å²) in [4.78, 5) is 113. The Kier molecular flexibility index (Phi) is 24.6. The lowest BCUT2D eigenvalue weighted by Gasteiger charge is -2.26. The van der Waals surface area contributed by atoms with E-state index in [1.807, 2.05) is 0 Å². The van der Waals surface area contributed by atoms with E-state index in [0.29, 0.717) is 0 Å². The molecule has 0 heterocycles. The summed E-state index contributed by atoms with van der Waals surface area (Å²) in [7, 11) is -8.02. The second-order valence-corrected chi connectivity index (χ2v) is 18.3. The molecule has 0 unspecified atom stereocenters. The lowest BCUT2D eigenvalue weighted by Crippen LogP contribution is -2.55. The molecule has 0 aliphatic heterocycles. The number of benzene rings is 2. The molecule has 0 saturated carbocycles. The maximum absolute atomic E-state index is 13.1. The largest absolute Gasteiger partial charge is 0.481 e. The van der Waals surface area contributed by atoms with Crippen molar-refractivity contribution in [1.29, 1.82) is 0 Å². The molecule has 0 bridgehead atoms. The molecule has 0 aliphatic rings. The average molecular weight is 1030 g/mol. The number of ether oxygens (including phenoxy) is 1. The van der Waals surface area contributed by atoms with Crippen LogP contribution in [0.15, 0.2) is 58.3 Å². The summed E-state index contributed by atoms with van der Waals surface area (Å²) in [6.07, 6.45) is -1.08. The number of amides is 6. The maximum atomic E-state index is 13.1. The molecule has 69 heavy (non-hydrogen) atoms. The Morgan fingerprint density at radius 1 is 0.623 bits per heavy atom. The van der Waals surface area contributed by atoms with Crippen molar-refractivity contribution in [2.24, 2.45) is 21.9 Å². The molecular weight excluding hydrogens is 979 g/mol. The lowest BCUT2D eigenvalue weighted by molar-refractivity contribution is -0.143. The first-order valence-corrected chi connectivity index (χ1v) is 24.0. The topological polar surface area (TPSA) is 449 Å². The predicted octanol–water partition coefficient (Wildman–Crippen LogP) is -5.08. The maximum Gasteiger partial charge on any atom is 0.317 e. The van der Waals surface area contributed by atoms with Crippen LogP contribution in [0.1, 0.15) is 12.8 Å². The first-order valence-electron chi connectivity index (χ1n) is 20.3. The third-order valence-electron chi connectivity index (χ3n) is 9.13. The second kappa shape index (κ2) is 28.9. The van der Waals surface area contributed by atoms with Crippen LogP contribution in [-0.2, 0) is 67.9 Å². The Morgan fingerprint density at radius 2 is 1.12 bits per heavy atom. The number of carbonyl (C=O) groups excluding carboxylic acids is 6. The van der Waals surface area contributed by atoms with Crippen molar-refractivity contribution in [2.75, 3.05) is 88.5 Å². The molecule has 2 rings (SSSR count). The summed E-state index contributed by atoms with van der Waals surface area (Å²) in [5.41, 5.74) is 6.17. The number of anilines is 2. The monoisotopic (exact) mass is 1030 g/mol. The van der Waals surface area contributed by atoms with Crippen molar-refractivity contribution in [3.05, 3.63) is 48.5 Å². The number of carbonyl (C=O) groups is 9. The van der Waals surface area contributed by atoms with Gasteiger partial charge in [-0.15, -0.1) is 0 Å². The number of hydrogen-bond donors (Lipinski definition) is 13. The van der Waals surface area contributed by atoms with Gasteiger partial charge in [0.1, 0.15) is 12.1 Å². The normalized spacial score (nSPS) is 12.8. The summed E-state index contributed by atoms with van der Waals surface area (Å²) < 4.78 is 51.7. The minimum Gasteiger partial charge on any atom is -0.481 e. The van der Waals surface area contributed by atoms with Crippen LogP contribution in [0.3, 0.4) is 0 Å². The van der Waals surface area contributed by atoms with E-state index < -0.39 is 131 Å². The molecule has 0 radical (unpaired) electrons. The van der Waals surface area contributed by atoms with Gasteiger partial charge in [0, 0.05) is 56.3 Å². The zero-order valence-electron chi connectivity index (χ0n) is 36.7. The van der Waals surface area contributed by atoms with Gasteiger partial charge in [0.15, 0.2) is 0 Å². The zero-order chi connectivity index (χ0) is 51.9. The van der Waals surface area contributed by atoms with E-state index in [1.54, 1.807) is 0 Å². The molecule has 0 spiro atoms. The van der Waals surface area contributed by atoms with Crippen LogP contribution in [-0.4, -0.2) is 185 Å². The van der Waals surface area contributed by atoms with E-state index in [1.165, 1.54) is 34.1 Å². The van der Waals surface area contributed by atoms with Crippen LogP contribution >= 0.6 is 12.6 Å². The first kappa shape index (κ1) is 58.8. The third-order valence-corrected chi connectivity index (χ3v) is 11.4. The molecule has 3 atom stereocenters. The fourth-order valence-corrected chi connectivity index (χ4v) is 6.91. The molecule has 28 nitrogen and oxygen atoms in total. The number of aliphatic carboxylic acids is 3. The summed E-state index contributed by atoms with van der Waals surface area (Å²) in [5, 5.41) is 52.4. The molecule has 6 amide bonds. The minimum atomic E-state index is -4.02. The highest BCUT2D eigenvalue weighted by Gasteiger charge is 2.28. The van der Waals surface area contributed by atoms with E-state index in [2.05, 4.69) is 44.5 Å². The van der Waals surface area contributed by atoms with Crippen LogP contribution < -0.4 is 47.9 Å². The van der Waals surface area contributed by atoms with Gasteiger partial charge in [-0.1, -0.05) is 0 Å². The van der Waals surface area contributed by atoms with E-state index >= 15 is 0 Å². The molecule has 2 aromatic carbocycles. The number of nitrogens with one attached hydrogen (secondary N) is 6. The van der Waals surface area contributed by atoms with Gasteiger partial charge < -0.3 is 57.7 Å². The molecule has 15 N–H and O–H groups in total. The average Bonchev–Trinajstić information content (AvgIpc) is 3.24. The summed E-state index contributed by atoms with van der Waals surface area (Å²) in [6, 6.07) is 6.72. The number of nitrogens with zero attached hydrogens (tertiary/aromatic N) is 2. The number of rotatable bonds is 32. The second-order valence-electron chi connectivity index (χ2n) is 14.8. The van der Waals surface area contributed by atoms with Crippen LogP contribution in [0.5, 0.6) is 0 Å². The quantitative estimate of drug-likeness (QED) is 0.0241. The standard InChI is InChI=1S/C38H55N11O17S3/c39-28(36(58)47-29(15-34(54)55)37(59)44-16-23(22-67)38(60)61)17-43-30(50)9-13-66-14-10-42-31(51)18-48(19-32(52)45-24-1-5-26(6-2-24)68(40,62)63)11-12-49(21-35(56)57)20-33(53)46-25-3-7-27(8-4-25)69(41,64)65/h1-8,23,28-29,67H,9-22,39H2,(H,42,51)(H,43,50)(H,44,59)(H,45,52)(H,46,53)(H,47,58)(H,54,55)(H,56,57)(H,60,61)(H2,40,62,63)(H2,41,64,65)/t23-,28-,29+/m1/s1. The van der Waals surface area contributed by atoms with Gasteiger partial charge in [0.05, 0.1) is 61.5 Å². The van der Waals surface area contributed by atoms with E-state index in [4.69, 9.17) is 31.0 Å². The number of sulfonamides is 2. The highest BCUT2D eigenvalue weighted by atomic mass is 32.2. The molecular formula is C38H55N11O17S3. The molecule has 0 fully saturated rings. The SMILES string of the molecule is N[C@H](CNC(=O)CCOCCNC(=O)CN(CCN(CC(=O)O)CC(=O)Nc1ccc(S(N)(=O)=O)cc1)CC(=O)Nc1ccc(S(N)(=O)=O)cc1)C(=O)N[C@@H](CC(=O)O)C(=O)NC[C@H](CS)C(=O)O. The van der Waals surface area contributed by atoms with Crippen molar-refractivity contribution in [3.8, 4) is 0 Å². The van der Waals surface area contributed by atoms with Gasteiger partial charge in [0.25, 0.3) is 0 Å². The Balaban J connectivity index is 1.94. The van der Waals surface area contributed by atoms with E-state index in [0.717, 1.165) is 24.3 Å². The summed E-state index contributed by atoms with van der Waals surface area (Å²) in [5.74, 6) is -9.76. The van der Waals surface area contributed by atoms with Crippen molar-refractivity contribution in [2.45, 2.75) is 34.7 Å². The van der Waals surface area contributed by atoms with Crippen LogP contribution in [0, 0.1) is 5.92 Å². The number of thiol groups is 1. The fourth-order valence-electron chi connectivity index (χ4n) is 5.60. The molecule has 382 valence electrons. The number of primary sulfonamides is 2. The van der Waals surface area contributed by atoms with Gasteiger partial charge in [-0.3, -0.25) is 53.0 Å². The van der Waals surface area contributed by atoms with E-state index in [-0.39, 0.29) is 72.7 Å². The molecule has 2 aromatic rings. The van der Waals surface area contributed by atoms with Crippen LogP contribution in [0.2, 0.25) is 0 Å². The zero-order valence-corrected chi connectivity index (χ0v) is 39.2. The Labute approximate surface area is 400 Å². The number of carboxylic acid groups (broad SMARTS) is 3. The van der Waals surface area contributed by atoms with Crippen molar-refractivity contribution < 1.29 is 80.0 Å². The van der Waals surface area contributed by atoms with E-state index in [9.17, 15) is 65.1 Å².